The number of rotatable bonds is 4. The van der Waals surface area contributed by atoms with Gasteiger partial charge in [0.15, 0.2) is 16.6 Å². The van der Waals surface area contributed by atoms with Gasteiger partial charge >= 0.3 is 0 Å². The highest BCUT2D eigenvalue weighted by atomic mass is 32.1. The number of fused-ring (bicyclic) bond motifs is 1. The molecular weight excluding hydrogens is 296 g/mol. The number of benzene rings is 1. The first-order chi connectivity index (χ1) is 10.0. The highest BCUT2D eigenvalue weighted by molar-refractivity contribution is 7.15. The molecule has 3 rings (SSSR count). The summed E-state index contributed by atoms with van der Waals surface area (Å²) < 4.78 is 33.7. The molecule has 3 aromatic rings. The number of halogens is 2. The minimum Gasteiger partial charge on any atom is -0.437 e. The van der Waals surface area contributed by atoms with Gasteiger partial charge in [-0.1, -0.05) is 0 Å². The van der Waals surface area contributed by atoms with Gasteiger partial charge in [-0.25, -0.2) is 8.78 Å². The number of ether oxygens (including phenoxy) is 1. The molecule has 0 aliphatic rings. The molecule has 1 unspecified atom stereocenters. The van der Waals surface area contributed by atoms with E-state index in [1.165, 1.54) is 17.4 Å². The summed E-state index contributed by atoms with van der Waals surface area (Å²) >= 11 is 1.46. The molecular formula is C14H13F2N3OS. The molecule has 4 nitrogen and oxygen atoms in total. The van der Waals surface area contributed by atoms with Gasteiger partial charge in [-0.15, -0.1) is 11.3 Å². The van der Waals surface area contributed by atoms with Crippen LogP contribution in [0.15, 0.2) is 29.8 Å². The second-order valence-electron chi connectivity index (χ2n) is 4.78. The molecule has 110 valence electrons. The SMILES string of the molecule is CC(N)Cc1c(Oc2ccc(F)c(F)c2)nc2sccn12. The molecule has 0 aliphatic carbocycles. The lowest BCUT2D eigenvalue weighted by atomic mass is 10.2. The van der Waals surface area contributed by atoms with Gasteiger partial charge in [0.1, 0.15) is 5.75 Å². The summed E-state index contributed by atoms with van der Waals surface area (Å²) in [5, 5.41) is 1.91. The van der Waals surface area contributed by atoms with E-state index in [1.807, 2.05) is 22.9 Å². The second-order valence-corrected chi connectivity index (χ2v) is 5.65. The molecule has 21 heavy (non-hydrogen) atoms. The van der Waals surface area contributed by atoms with E-state index in [-0.39, 0.29) is 11.8 Å². The monoisotopic (exact) mass is 309 g/mol. The summed E-state index contributed by atoms with van der Waals surface area (Å²) in [6.07, 6.45) is 2.44. The highest BCUT2D eigenvalue weighted by Crippen LogP contribution is 2.29. The van der Waals surface area contributed by atoms with Crippen LogP contribution in [0.3, 0.4) is 0 Å². The fourth-order valence-corrected chi connectivity index (χ4v) is 2.76. The number of imidazole rings is 1. The van der Waals surface area contributed by atoms with Crippen molar-refractivity contribution in [2.45, 2.75) is 19.4 Å². The maximum Gasteiger partial charge on any atom is 0.242 e. The molecule has 0 saturated carbocycles. The maximum atomic E-state index is 13.2. The zero-order chi connectivity index (χ0) is 15.0. The van der Waals surface area contributed by atoms with Crippen molar-refractivity contribution in [3.05, 3.63) is 47.1 Å². The van der Waals surface area contributed by atoms with Crippen LogP contribution in [0.5, 0.6) is 11.6 Å². The Hall–Kier alpha value is -1.99. The van der Waals surface area contributed by atoms with Crippen LogP contribution in [0, 0.1) is 11.6 Å². The Morgan fingerprint density at radius 2 is 2.19 bits per heavy atom. The zero-order valence-electron chi connectivity index (χ0n) is 11.2. The van der Waals surface area contributed by atoms with E-state index < -0.39 is 11.6 Å². The molecule has 1 aromatic carbocycles. The smallest absolute Gasteiger partial charge is 0.242 e. The van der Waals surface area contributed by atoms with Crippen molar-refractivity contribution in [3.63, 3.8) is 0 Å². The van der Waals surface area contributed by atoms with Gasteiger partial charge in [-0.3, -0.25) is 4.40 Å². The number of hydrogen-bond donors (Lipinski definition) is 1. The molecule has 0 amide bonds. The van der Waals surface area contributed by atoms with Gasteiger partial charge in [0.05, 0.1) is 5.69 Å². The van der Waals surface area contributed by atoms with Crippen LogP contribution < -0.4 is 10.5 Å². The van der Waals surface area contributed by atoms with Crippen molar-refractivity contribution < 1.29 is 13.5 Å². The van der Waals surface area contributed by atoms with E-state index in [9.17, 15) is 8.78 Å². The molecule has 0 saturated heterocycles. The molecule has 2 heterocycles. The topological polar surface area (TPSA) is 52.5 Å². The third kappa shape index (κ3) is 2.74. The molecule has 0 bridgehead atoms. The van der Waals surface area contributed by atoms with Crippen LogP contribution in [-0.4, -0.2) is 15.4 Å². The predicted molar refractivity (Wildman–Crippen MR) is 76.9 cm³/mol. The minimum atomic E-state index is -0.956. The summed E-state index contributed by atoms with van der Waals surface area (Å²) in [6.45, 7) is 1.88. The van der Waals surface area contributed by atoms with Gasteiger partial charge in [-0.2, -0.15) is 4.98 Å². The molecule has 0 spiro atoms. The van der Waals surface area contributed by atoms with Crippen LogP contribution in [0.4, 0.5) is 8.78 Å². The van der Waals surface area contributed by atoms with Gasteiger partial charge in [0.25, 0.3) is 0 Å². The van der Waals surface area contributed by atoms with Crippen molar-refractivity contribution in [1.82, 2.24) is 9.38 Å². The third-order valence-electron chi connectivity index (χ3n) is 2.95. The number of hydrogen-bond acceptors (Lipinski definition) is 4. The fraction of sp³-hybridized carbons (Fsp3) is 0.214. The van der Waals surface area contributed by atoms with E-state index in [1.54, 1.807) is 0 Å². The number of nitrogens with two attached hydrogens (primary N) is 1. The molecule has 0 fully saturated rings. The van der Waals surface area contributed by atoms with Crippen LogP contribution in [0.1, 0.15) is 12.6 Å². The summed E-state index contributed by atoms with van der Waals surface area (Å²) in [4.78, 5) is 5.13. The van der Waals surface area contributed by atoms with Crippen LogP contribution >= 0.6 is 11.3 Å². The minimum absolute atomic E-state index is 0.0721. The molecule has 0 radical (unpaired) electrons. The average Bonchev–Trinajstić information content (AvgIpc) is 2.97. The van der Waals surface area contributed by atoms with Gasteiger partial charge in [-0.05, 0) is 19.1 Å². The second kappa shape index (κ2) is 5.42. The van der Waals surface area contributed by atoms with E-state index in [2.05, 4.69) is 4.98 Å². The summed E-state index contributed by atoms with van der Waals surface area (Å²) in [5.74, 6) is -1.30. The quantitative estimate of drug-likeness (QED) is 0.804. The maximum absolute atomic E-state index is 13.2. The lowest BCUT2D eigenvalue weighted by Crippen LogP contribution is -2.19. The van der Waals surface area contributed by atoms with Crippen molar-refractivity contribution in [3.8, 4) is 11.6 Å². The van der Waals surface area contributed by atoms with E-state index in [0.29, 0.717) is 12.3 Å². The first kappa shape index (κ1) is 14.0. The Labute approximate surface area is 123 Å². The zero-order valence-corrected chi connectivity index (χ0v) is 12.0. The van der Waals surface area contributed by atoms with E-state index >= 15 is 0 Å². The van der Waals surface area contributed by atoms with Gasteiger partial charge < -0.3 is 10.5 Å². The largest absolute Gasteiger partial charge is 0.437 e. The summed E-state index contributed by atoms with van der Waals surface area (Å²) in [5.41, 5.74) is 6.66. The fourth-order valence-electron chi connectivity index (χ4n) is 2.04. The standard InChI is InChI=1S/C14H13F2N3OS/c1-8(17)6-12-13(18-14-19(12)4-5-21-14)20-9-2-3-10(15)11(16)7-9/h2-5,7-8H,6,17H2,1H3. The Morgan fingerprint density at radius 1 is 1.38 bits per heavy atom. The molecule has 2 N–H and O–H groups in total. The first-order valence-corrected chi connectivity index (χ1v) is 7.25. The van der Waals surface area contributed by atoms with Crippen LogP contribution in [0.25, 0.3) is 4.96 Å². The molecule has 1 atom stereocenters. The van der Waals surface area contributed by atoms with Crippen molar-refractivity contribution >= 4 is 16.3 Å². The first-order valence-electron chi connectivity index (χ1n) is 6.37. The Morgan fingerprint density at radius 3 is 2.90 bits per heavy atom. The van der Waals surface area contributed by atoms with Crippen molar-refractivity contribution in [1.29, 1.82) is 0 Å². The number of thiazole rings is 1. The molecule has 7 heteroatoms. The van der Waals surface area contributed by atoms with Crippen molar-refractivity contribution in [2.75, 3.05) is 0 Å². The van der Waals surface area contributed by atoms with Crippen LogP contribution in [-0.2, 0) is 6.42 Å². The molecule has 2 aromatic heterocycles. The highest BCUT2D eigenvalue weighted by Gasteiger charge is 2.17. The van der Waals surface area contributed by atoms with Crippen molar-refractivity contribution in [2.24, 2.45) is 5.73 Å². The predicted octanol–water partition coefficient (Wildman–Crippen LogP) is 3.36. The Kier molecular flexibility index (Phi) is 3.60. The van der Waals surface area contributed by atoms with Gasteiger partial charge in [0, 0.05) is 30.1 Å². The number of aromatic nitrogens is 2. The molecule has 0 aliphatic heterocycles. The lowest BCUT2D eigenvalue weighted by molar-refractivity contribution is 0.443. The third-order valence-corrected chi connectivity index (χ3v) is 3.70. The normalized spacial score (nSPS) is 12.8. The summed E-state index contributed by atoms with van der Waals surface area (Å²) in [7, 11) is 0. The van der Waals surface area contributed by atoms with E-state index in [0.717, 1.165) is 22.8 Å². The van der Waals surface area contributed by atoms with E-state index in [4.69, 9.17) is 10.5 Å². The Balaban J connectivity index is 1.98. The number of nitrogens with zero attached hydrogens (tertiary/aromatic N) is 2. The lowest BCUT2D eigenvalue weighted by Gasteiger charge is -2.08. The van der Waals surface area contributed by atoms with Gasteiger partial charge in [0.2, 0.25) is 5.88 Å². The summed E-state index contributed by atoms with van der Waals surface area (Å²) in [6, 6.07) is 3.31. The Bertz CT molecular complexity index is 782. The average molecular weight is 309 g/mol. The van der Waals surface area contributed by atoms with Crippen LogP contribution in [0.2, 0.25) is 0 Å².